The molecule has 0 fully saturated rings. The summed E-state index contributed by atoms with van der Waals surface area (Å²) in [7, 11) is 0. The molecule has 0 spiro atoms. The second kappa shape index (κ2) is 6.69. The van der Waals surface area contributed by atoms with Gasteiger partial charge in [-0.15, -0.1) is 0 Å². The van der Waals surface area contributed by atoms with E-state index in [2.05, 4.69) is 87.4 Å². The number of rotatable bonds is 4. The molecule has 100 valence electrons. The number of hydrogen-bond acceptors (Lipinski definition) is 1. The fourth-order valence-electron chi connectivity index (χ4n) is 2.16. The van der Waals surface area contributed by atoms with Gasteiger partial charge in [0.2, 0.25) is 0 Å². The lowest BCUT2D eigenvalue weighted by atomic mass is 10.0. The Balaban J connectivity index is 2.11. The third-order valence-electron chi connectivity index (χ3n) is 3.22. The molecular formula is C16H17Br2N. The minimum Gasteiger partial charge on any atom is -0.304 e. The molecule has 2 unspecified atom stereocenters. The molecule has 1 nitrogen and oxygen atoms in total. The van der Waals surface area contributed by atoms with Gasteiger partial charge in [0, 0.05) is 21.0 Å². The van der Waals surface area contributed by atoms with Crippen molar-refractivity contribution in [1.29, 1.82) is 0 Å². The van der Waals surface area contributed by atoms with Gasteiger partial charge in [-0.3, -0.25) is 0 Å². The van der Waals surface area contributed by atoms with Gasteiger partial charge in [-0.05, 0) is 43.2 Å². The van der Waals surface area contributed by atoms with Gasteiger partial charge in [-0.1, -0.05) is 62.2 Å². The maximum atomic E-state index is 3.63. The third kappa shape index (κ3) is 3.91. The molecule has 2 aromatic rings. The van der Waals surface area contributed by atoms with Gasteiger partial charge in [0.15, 0.2) is 0 Å². The van der Waals surface area contributed by atoms with E-state index in [1.807, 2.05) is 12.1 Å². The Morgan fingerprint density at radius 2 is 1.63 bits per heavy atom. The smallest absolute Gasteiger partial charge is 0.0308 e. The maximum absolute atomic E-state index is 3.63. The normalized spacial score (nSPS) is 14.1. The van der Waals surface area contributed by atoms with Crippen molar-refractivity contribution >= 4 is 31.9 Å². The second-order valence-corrected chi connectivity index (χ2v) is 6.46. The van der Waals surface area contributed by atoms with Crippen LogP contribution in [0.15, 0.2) is 57.5 Å². The van der Waals surface area contributed by atoms with E-state index in [0.29, 0.717) is 12.1 Å². The molecule has 0 amide bonds. The fourth-order valence-corrected chi connectivity index (χ4v) is 3.21. The maximum Gasteiger partial charge on any atom is 0.0308 e. The first kappa shape index (κ1) is 14.8. The van der Waals surface area contributed by atoms with Gasteiger partial charge in [0.05, 0.1) is 0 Å². The molecule has 0 saturated heterocycles. The van der Waals surface area contributed by atoms with Gasteiger partial charge in [-0.25, -0.2) is 0 Å². The highest BCUT2D eigenvalue weighted by molar-refractivity contribution is 9.10. The van der Waals surface area contributed by atoms with Crippen LogP contribution in [0.4, 0.5) is 0 Å². The van der Waals surface area contributed by atoms with Crippen LogP contribution < -0.4 is 5.32 Å². The van der Waals surface area contributed by atoms with Crippen LogP contribution in [0.25, 0.3) is 0 Å². The monoisotopic (exact) mass is 381 g/mol. The number of benzene rings is 2. The average Bonchev–Trinajstić information content (AvgIpc) is 2.39. The number of hydrogen-bond donors (Lipinski definition) is 1. The Bertz CT molecular complexity index is 554. The van der Waals surface area contributed by atoms with Crippen LogP contribution in [0.1, 0.15) is 37.1 Å². The van der Waals surface area contributed by atoms with Gasteiger partial charge in [0.1, 0.15) is 0 Å². The molecule has 2 aromatic carbocycles. The van der Waals surface area contributed by atoms with Crippen molar-refractivity contribution < 1.29 is 0 Å². The standard InChI is InChI=1S/C16H17Br2N/c1-11(13-6-5-7-14(17)10-13)19-12(2)15-8-3-4-9-16(15)18/h3-12,19H,1-2H3. The van der Waals surface area contributed by atoms with E-state index in [1.54, 1.807) is 0 Å². The minimum absolute atomic E-state index is 0.296. The van der Waals surface area contributed by atoms with E-state index in [0.717, 1.165) is 8.95 Å². The SMILES string of the molecule is CC(NC(C)c1ccccc1Br)c1cccc(Br)c1. The number of halogens is 2. The number of nitrogens with one attached hydrogen (secondary N) is 1. The quantitative estimate of drug-likeness (QED) is 0.723. The van der Waals surface area contributed by atoms with Crippen LogP contribution in [0.3, 0.4) is 0 Å². The van der Waals surface area contributed by atoms with Crippen LogP contribution in [-0.4, -0.2) is 0 Å². The highest BCUT2D eigenvalue weighted by Crippen LogP contribution is 2.26. The third-order valence-corrected chi connectivity index (χ3v) is 4.44. The van der Waals surface area contributed by atoms with E-state index >= 15 is 0 Å². The first-order valence-corrected chi connectivity index (χ1v) is 7.92. The van der Waals surface area contributed by atoms with Crippen LogP contribution in [-0.2, 0) is 0 Å². The summed E-state index contributed by atoms with van der Waals surface area (Å²) in [6, 6.07) is 17.4. The van der Waals surface area contributed by atoms with Crippen LogP contribution in [0.5, 0.6) is 0 Å². The van der Waals surface area contributed by atoms with Crippen molar-refractivity contribution in [3.05, 3.63) is 68.6 Å². The molecule has 0 aliphatic carbocycles. The predicted octanol–water partition coefficient (Wildman–Crippen LogP) is 5.62. The Morgan fingerprint density at radius 1 is 0.895 bits per heavy atom. The first-order valence-electron chi connectivity index (χ1n) is 6.34. The zero-order valence-electron chi connectivity index (χ0n) is 11.0. The first-order chi connectivity index (χ1) is 9.08. The van der Waals surface area contributed by atoms with Crippen LogP contribution in [0.2, 0.25) is 0 Å². The van der Waals surface area contributed by atoms with Gasteiger partial charge >= 0.3 is 0 Å². The predicted molar refractivity (Wildman–Crippen MR) is 88.2 cm³/mol. The molecule has 0 heterocycles. The summed E-state index contributed by atoms with van der Waals surface area (Å²) in [6.45, 7) is 4.38. The summed E-state index contributed by atoms with van der Waals surface area (Å²) in [6.07, 6.45) is 0. The Labute approximate surface area is 131 Å². The molecule has 2 rings (SSSR count). The molecule has 0 aromatic heterocycles. The van der Waals surface area contributed by atoms with Gasteiger partial charge in [-0.2, -0.15) is 0 Å². The average molecular weight is 383 g/mol. The van der Waals surface area contributed by atoms with Crippen LogP contribution in [0, 0.1) is 0 Å². The molecule has 0 saturated carbocycles. The lowest BCUT2D eigenvalue weighted by molar-refractivity contribution is 0.493. The zero-order valence-corrected chi connectivity index (χ0v) is 14.2. The zero-order chi connectivity index (χ0) is 13.8. The molecule has 2 atom stereocenters. The molecule has 0 aliphatic rings. The fraction of sp³-hybridized carbons (Fsp3) is 0.250. The van der Waals surface area contributed by atoms with Crippen molar-refractivity contribution in [2.75, 3.05) is 0 Å². The summed E-state index contributed by atoms with van der Waals surface area (Å²) in [4.78, 5) is 0. The summed E-state index contributed by atoms with van der Waals surface area (Å²) < 4.78 is 2.27. The molecule has 19 heavy (non-hydrogen) atoms. The Morgan fingerprint density at radius 3 is 2.32 bits per heavy atom. The summed E-state index contributed by atoms with van der Waals surface area (Å²) in [5, 5.41) is 3.63. The molecule has 1 N–H and O–H groups in total. The van der Waals surface area contributed by atoms with Crippen LogP contribution >= 0.6 is 31.9 Å². The highest BCUT2D eigenvalue weighted by Gasteiger charge is 2.13. The van der Waals surface area contributed by atoms with E-state index < -0.39 is 0 Å². The van der Waals surface area contributed by atoms with Gasteiger partial charge < -0.3 is 5.32 Å². The van der Waals surface area contributed by atoms with Crippen molar-refractivity contribution in [3.8, 4) is 0 Å². The Hall–Kier alpha value is -0.640. The summed E-state index contributed by atoms with van der Waals surface area (Å²) in [5.74, 6) is 0. The molecule has 3 heteroatoms. The Kier molecular flexibility index (Phi) is 5.20. The van der Waals surface area contributed by atoms with E-state index in [4.69, 9.17) is 0 Å². The van der Waals surface area contributed by atoms with Crippen molar-refractivity contribution in [2.45, 2.75) is 25.9 Å². The topological polar surface area (TPSA) is 12.0 Å². The van der Waals surface area contributed by atoms with Crippen molar-refractivity contribution in [2.24, 2.45) is 0 Å². The molecule has 0 radical (unpaired) electrons. The second-order valence-electron chi connectivity index (χ2n) is 4.69. The van der Waals surface area contributed by atoms with Crippen molar-refractivity contribution in [1.82, 2.24) is 5.32 Å². The lowest BCUT2D eigenvalue weighted by Crippen LogP contribution is -2.22. The van der Waals surface area contributed by atoms with Crippen molar-refractivity contribution in [3.63, 3.8) is 0 Å². The molecular weight excluding hydrogens is 366 g/mol. The molecule has 0 aliphatic heterocycles. The lowest BCUT2D eigenvalue weighted by Gasteiger charge is -2.22. The highest BCUT2D eigenvalue weighted by atomic mass is 79.9. The van der Waals surface area contributed by atoms with E-state index in [1.165, 1.54) is 11.1 Å². The largest absolute Gasteiger partial charge is 0.304 e. The van der Waals surface area contributed by atoms with E-state index in [9.17, 15) is 0 Å². The summed E-state index contributed by atoms with van der Waals surface area (Å²) >= 11 is 7.13. The van der Waals surface area contributed by atoms with Gasteiger partial charge in [0.25, 0.3) is 0 Å². The van der Waals surface area contributed by atoms with E-state index in [-0.39, 0.29) is 0 Å². The molecule has 0 bridgehead atoms. The summed E-state index contributed by atoms with van der Waals surface area (Å²) in [5.41, 5.74) is 2.57. The minimum atomic E-state index is 0.296.